The summed E-state index contributed by atoms with van der Waals surface area (Å²) in [5.41, 5.74) is 1.01. The van der Waals surface area contributed by atoms with Crippen molar-refractivity contribution in [2.24, 2.45) is 0 Å². The van der Waals surface area contributed by atoms with E-state index in [4.69, 9.17) is 28.2 Å². The van der Waals surface area contributed by atoms with Crippen molar-refractivity contribution in [1.82, 2.24) is 10.2 Å². The predicted octanol–water partition coefficient (Wildman–Crippen LogP) is 3.54. The van der Waals surface area contributed by atoms with E-state index in [0.29, 0.717) is 11.7 Å². The Hall–Kier alpha value is -1.52. The highest BCUT2D eigenvalue weighted by Gasteiger charge is 2.08. The zero-order valence-electron chi connectivity index (χ0n) is 10.8. The number of thiocarbonyl (C=S) groups is 1. The Morgan fingerprint density at radius 2 is 1.95 bits per heavy atom. The summed E-state index contributed by atoms with van der Waals surface area (Å²) in [6.45, 7) is 0.632. The van der Waals surface area contributed by atoms with Crippen LogP contribution in [0.25, 0.3) is 11.3 Å². The normalized spacial score (nSPS) is 10.3. The molecule has 1 aromatic heterocycles. The van der Waals surface area contributed by atoms with Gasteiger partial charge in [-0.25, -0.2) is 0 Å². The van der Waals surface area contributed by atoms with E-state index in [0.717, 1.165) is 22.1 Å². The average molecular weight is 295 g/mol. The van der Waals surface area contributed by atoms with Crippen molar-refractivity contribution < 1.29 is 4.42 Å². The van der Waals surface area contributed by atoms with Crippen molar-refractivity contribution in [1.29, 1.82) is 0 Å². The molecule has 3 nitrogen and oxygen atoms in total. The Labute approximate surface area is 123 Å². The molecule has 0 aliphatic carbocycles. The molecule has 0 aliphatic rings. The van der Waals surface area contributed by atoms with Crippen molar-refractivity contribution in [3.63, 3.8) is 0 Å². The second kappa shape index (κ2) is 6.08. The third kappa shape index (κ3) is 3.49. The number of halogens is 1. The molecule has 5 heteroatoms. The van der Waals surface area contributed by atoms with Gasteiger partial charge in [-0.05, 0) is 48.6 Å². The lowest BCUT2D eigenvalue weighted by Gasteiger charge is -2.17. The number of nitrogens with zero attached hydrogens (tertiary/aromatic N) is 1. The molecule has 0 aliphatic heterocycles. The van der Waals surface area contributed by atoms with Crippen molar-refractivity contribution in [3.8, 4) is 11.3 Å². The van der Waals surface area contributed by atoms with Gasteiger partial charge in [0, 0.05) is 24.7 Å². The smallest absolute Gasteiger partial charge is 0.168 e. The molecule has 0 atom stereocenters. The lowest BCUT2D eigenvalue weighted by atomic mass is 10.2. The molecule has 2 aromatic rings. The molecule has 1 N–H and O–H groups in total. The minimum atomic E-state index is 0.632. The Bertz CT molecular complexity index is 565. The second-order valence-electron chi connectivity index (χ2n) is 4.18. The fraction of sp³-hybridized carbons (Fsp3) is 0.214. The van der Waals surface area contributed by atoms with E-state index in [-0.39, 0.29) is 0 Å². The maximum atomic E-state index is 5.87. The third-order valence-electron chi connectivity index (χ3n) is 2.74. The first-order chi connectivity index (χ1) is 9.10. The summed E-state index contributed by atoms with van der Waals surface area (Å²) in [6, 6.07) is 11.5. The van der Waals surface area contributed by atoms with Crippen molar-refractivity contribution in [2.45, 2.75) is 6.54 Å². The summed E-state index contributed by atoms with van der Waals surface area (Å²) in [5.74, 6) is 1.69. The highest BCUT2D eigenvalue weighted by molar-refractivity contribution is 7.80. The maximum absolute atomic E-state index is 5.87. The van der Waals surface area contributed by atoms with Gasteiger partial charge in [0.1, 0.15) is 11.5 Å². The van der Waals surface area contributed by atoms with Crippen LogP contribution in [-0.2, 0) is 6.54 Å². The third-order valence-corrected chi connectivity index (χ3v) is 3.51. The molecule has 0 spiro atoms. The molecular weight excluding hydrogens is 280 g/mol. The minimum Gasteiger partial charge on any atom is -0.459 e. The summed E-state index contributed by atoms with van der Waals surface area (Å²) < 4.78 is 5.80. The minimum absolute atomic E-state index is 0.632. The molecular formula is C14H15ClN2OS. The SMILES string of the molecule is CNC(=S)N(C)Cc1ccc(-c2ccc(Cl)cc2)o1. The van der Waals surface area contributed by atoms with Gasteiger partial charge in [0.15, 0.2) is 5.11 Å². The number of furan rings is 1. The van der Waals surface area contributed by atoms with Crippen LogP contribution < -0.4 is 5.32 Å². The number of nitrogens with one attached hydrogen (secondary N) is 1. The van der Waals surface area contributed by atoms with Crippen molar-refractivity contribution >= 4 is 28.9 Å². The number of hydrogen-bond donors (Lipinski definition) is 1. The lowest BCUT2D eigenvalue weighted by molar-refractivity contribution is 0.413. The summed E-state index contributed by atoms with van der Waals surface area (Å²) in [4.78, 5) is 1.92. The predicted molar refractivity (Wildman–Crippen MR) is 82.3 cm³/mol. The number of rotatable bonds is 3. The lowest BCUT2D eigenvalue weighted by Crippen LogP contribution is -2.33. The van der Waals surface area contributed by atoms with Gasteiger partial charge in [-0.1, -0.05) is 11.6 Å². The molecule has 1 heterocycles. The monoisotopic (exact) mass is 294 g/mol. The van der Waals surface area contributed by atoms with Crippen LogP contribution in [0.3, 0.4) is 0 Å². The van der Waals surface area contributed by atoms with Crippen LogP contribution in [0.15, 0.2) is 40.8 Å². The fourth-order valence-electron chi connectivity index (χ4n) is 1.73. The van der Waals surface area contributed by atoms with Crippen molar-refractivity contribution in [2.75, 3.05) is 14.1 Å². The maximum Gasteiger partial charge on any atom is 0.168 e. The first-order valence-electron chi connectivity index (χ1n) is 5.87. The molecule has 2 rings (SSSR count). The summed E-state index contributed by atoms with van der Waals surface area (Å²) in [6.07, 6.45) is 0. The molecule has 1 aromatic carbocycles. The van der Waals surface area contributed by atoms with Crippen LogP contribution in [0.2, 0.25) is 5.02 Å². The molecule has 0 amide bonds. The van der Waals surface area contributed by atoms with Gasteiger partial charge >= 0.3 is 0 Å². The van der Waals surface area contributed by atoms with Gasteiger partial charge in [-0.3, -0.25) is 0 Å². The van der Waals surface area contributed by atoms with Crippen LogP contribution >= 0.6 is 23.8 Å². The van der Waals surface area contributed by atoms with Crippen LogP contribution in [0, 0.1) is 0 Å². The zero-order chi connectivity index (χ0) is 13.8. The van der Waals surface area contributed by atoms with Crippen LogP contribution in [0.5, 0.6) is 0 Å². The molecule has 100 valence electrons. The summed E-state index contributed by atoms with van der Waals surface area (Å²) >= 11 is 11.0. The van der Waals surface area contributed by atoms with Gasteiger partial charge in [-0.15, -0.1) is 0 Å². The molecule has 19 heavy (non-hydrogen) atoms. The van der Waals surface area contributed by atoms with E-state index >= 15 is 0 Å². The quantitative estimate of drug-likeness (QED) is 0.877. The number of hydrogen-bond acceptors (Lipinski definition) is 2. The van der Waals surface area contributed by atoms with Crippen LogP contribution in [0.1, 0.15) is 5.76 Å². The molecule has 0 bridgehead atoms. The Morgan fingerprint density at radius 1 is 1.26 bits per heavy atom. The van der Waals surface area contributed by atoms with E-state index in [1.807, 2.05) is 48.3 Å². The van der Waals surface area contributed by atoms with Gasteiger partial charge in [-0.2, -0.15) is 0 Å². The fourth-order valence-corrected chi connectivity index (χ4v) is 1.92. The largest absolute Gasteiger partial charge is 0.459 e. The molecule has 0 saturated heterocycles. The standard InChI is InChI=1S/C14H15ClN2OS/c1-16-14(19)17(2)9-12-7-8-13(18-12)10-3-5-11(15)6-4-10/h3-8H,9H2,1-2H3,(H,16,19). The highest BCUT2D eigenvalue weighted by Crippen LogP contribution is 2.24. The van der Waals surface area contributed by atoms with E-state index in [2.05, 4.69) is 5.32 Å². The van der Waals surface area contributed by atoms with Crippen molar-refractivity contribution in [3.05, 3.63) is 47.2 Å². The average Bonchev–Trinajstić information content (AvgIpc) is 2.87. The number of benzene rings is 1. The Kier molecular flexibility index (Phi) is 4.45. The summed E-state index contributed by atoms with van der Waals surface area (Å²) in [5, 5.41) is 4.33. The van der Waals surface area contributed by atoms with Gasteiger partial charge < -0.3 is 14.6 Å². The van der Waals surface area contributed by atoms with Crippen LogP contribution in [-0.4, -0.2) is 24.1 Å². The second-order valence-corrected chi connectivity index (χ2v) is 5.01. The highest BCUT2D eigenvalue weighted by atomic mass is 35.5. The topological polar surface area (TPSA) is 28.4 Å². The molecule has 0 fully saturated rings. The Morgan fingerprint density at radius 3 is 2.58 bits per heavy atom. The first kappa shape index (κ1) is 13.9. The van der Waals surface area contributed by atoms with Gasteiger partial charge in [0.25, 0.3) is 0 Å². The Balaban J connectivity index is 2.11. The van der Waals surface area contributed by atoms with E-state index in [1.165, 1.54) is 0 Å². The summed E-state index contributed by atoms with van der Waals surface area (Å²) in [7, 11) is 3.73. The molecule has 0 saturated carbocycles. The van der Waals surface area contributed by atoms with Gasteiger partial charge in [0.05, 0.1) is 6.54 Å². The van der Waals surface area contributed by atoms with Gasteiger partial charge in [0.2, 0.25) is 0 Å². The first-order valence-corrected chi connectivity index (χ1v) is 6.66. The molecule has 0 unspecified atom stereocenters. The van der Waals surface area contributed by atoms with E-state index in [9.17, 15) is 0 Å². The molecule has 0 radical (unpaired) electrons. The van der Waals surface area contributed by atoms with E-state index in [1.54, 1.807) is 7.05 Å². The van der Waals surface area contributed by atoms with E-state index < -0.39 is 0 Å². The zero-order valence-corrected chi connectivity index (χ0v) is 12.4. The van der Waals surface area contributed by atoms with Crippen LogP contribution in [0.4, 0.5) is 0 Å².